The van der Waals surface area contributed by atoms with E-state index in [1.807, 2.05) is 0 Å². The van der Waals surface area contributed by atoms with Crippen LogP contribution in [0.2, 0.25) is 5.02 Å². The van der Waals surface area contributed by atoms with Gasteiger partial charge in [0.1, 0.15) is 0 Å². The molecule has 0 radical (unpaired) electrons. The van der Waals surface area contributed by atoms with Crippen LogP contribution < -0.4 is 5.32 Å². The van der Waals surface area contributed by atoms with Crippen molar-refractivity contribution in [2.75, 3.05) is 5.32 Å². The summed E-state index contributed by atoms with van der Waals surface area (Å²) in [5.74, 6) is -3.01. The summed E-state index contributed by atoms with van der Waals surface area (Å²) in [7, 11) is -3.93. The van der Waals surface area contributed by atoms with Crippen molar-refractivity contribution in [3.63, 3.8) is 0 Å². The van der Waals surface area contributed by atoms with Crippen molar-refractivity contribution in [3.8, 4) is 0 Å². The number of anilines is 1. The molecule has 1 aliphatic carbocycles. The first kappa shape index (κ1) is 23.6. The zero-order valence-electron chi connectivity index (χ0n) is 17.2. The van der Waals surface area contributed by atoms with Gasteiger partial charge in [0.15, 0.2) is 21.5 Å². The fraction of sp³-hybridized carbons (Fsp3) is 0.409. The molecule has 2 N–H and O–H groups in total. The predicted molar refractivity (Wildman–Crippen MR) is 115 cm³/mol. The van der Waals surface area contributed by atoms with Crippen LogP contribution in [0.25, 0.3) is 0 Å². The third-order valence-corrected chi connectivity index (χ3v) is 9.11. The Balaban J connectivity index is 1.90. The van der Waals surface area contributed by atoms with Gasteiger partial charge in [0.25, 0.3) is 5.91 Å². The number of halogens is 3. The largest absolute Gasteiger partial charge is 0.393 e. The van der Waals surface area contributed by atoms with Gasteiger partial charge in [-0.05, 0) is 75.8 Å². The summed E-state index contributed by atoms with van der Waals surface area (Å²) in [6.07, 6.45) is 1.80. The molecule has 0 aromatic heterocycles. The van der Waals surface area contributed by atoms with Crippen molar-refractivity contribution < 1.29 is 27.1 Å². The quantitative estimate of drug-likeness (QED) is 0.644. The Bertz CT molecular complexity index is 1100. The third kappa shape index (κ3) is 4.76. The average Bonchev–Trinajstić information content (AvgIpc) is 2.71. The first-order valence-corrected chi connectivity index (χ1v) is 11.8. The summed E-state index contributed by atoms with van der Waals surface area (Å²) in [5.41, 5.74) is 0.0481. The molecule has 9 heteroatoms. The summed E-state index contributed by atoms with van der Waals surface area (Å²) in [6, 6.07) is 6.81. The van der Waals surface area contributed by atoms with Gasteiger partial charge in [-0.3, -0.25) is 4.79 Å². The number of carbonyl (C=O) groups excluding carboxylic acids is 1. The van der Waals surface area contributed by atoms with Crippen LogP contribution >= 0.6 is 11.6 Å². The lowest BCUT2D eigenvalue weighted by atomic mass is 9.80. The summed E-state index contributed by atoms with van der Waals surface area (Å²) in [6.45, 7) is 3.27. The van der Waals surface area contributed by atoms with Crippen molar-refractivity contribution in [2.24, 2.45) is 5.92 Å². The molecule has 1 saturated carbocycles. The Morgan fingerprint density at radius 1 is 1.06 bits per heavy atom. The molecule has 1 aliphatic rings. The van der Waals surface area contributed by atoms with Crippen molar-refractivity contribution in [1.82, 2.24) is 0 Å². The van der Waals surface area contributed by atoms with Crippen LogP contribution in [0, 0.1) is 17.6 Å². The lowest BCUT2D eigenvalue weighted by Gasteiger charge is -2.37. The Morgan fingerprint density at radius 2 is 1.71 bits per heavy atom. The first-order chi connectivity index (χ1) is 14.4. The van der Waals surface area contributed by atoms with Gasteiger partial charge in [0.2, 0.25) is 0 Å². The molecule has 0 heterocycles. The molecule has 31 heavy (non-hydrogen) atoms. The van der Waals surface area contributed by atoms with Crippen molar-refractivity contribution >= 4 is 33.0 Å². The van der Waals surface area contributed by atoms with Gasteiger partial charge in [-0.2, -0.15) is 0 Å². The molecule has 1 amide bonds. The number of aliphatic hydroxyl groups excluding tert-OH is 1. The van der Waals surface area contributed by atoms with E-state index < -0.39 is 38.2 Å². The van der Waals surface area contributed by atoms with E-state index in [2.05, 4.69) is 5.32 Å². The van der Waals surface area contributed by atoms with Crippen LogP contribution in [0.15, 0.2) is 41.3 Å². The van der Waals surface area contributed by atoms with Gasteiger partial charge in [-0.25, -0.2) is 17.2 Å². The molecule has 0 spiro atoms. The number of carbonyl (C=O) groups is 1. The highest BCUT2D eigenvalue weighted by atomic mass is 35.5. The molecule has 2 aromatic carbocycles. The molecular weight excluding hydrogens is 448 g/mol. The zero-order valence-corrected chi connectivity index (χ0v) is 18.7. The molecule has 0 aliphatic heterocycles. The molecule has 1 fully saturated rings. The number of nitrogens with one attached hydrogen (secondary N) is 1. The fourth-order valence-corrected chi connectivity index (χ4v) is 6.17. The summed E-state index contributed by atoms with van der Waals surface area (Å²) >= 11 is 6.21. The molecule has 0 atom stereocenters. The Morgan fingerprint density at radius 3 is 2.32 bits per heavy atom. The Labute approximate surface area is 185 Å². The number of hydrogen-bond donors (Lipinski definition) is 2. The molecule has 168 valence electrons. The average molecular weight is 472 g/mol. The van der Waals surface area contributed by atoms with Gasteiger partial charge in [0, 0.05) is 17.3 Å². The van der Waals surface area contributed by atoms with E-state index in [4.69, 9.17) is 11.6 Å². The van der Waals surface area contributed by atoms with Gasteiger partial charge < -0.3 is 10.4 Å². The third-order valence-electron chi connectivity index (χ3n) is 6.03. The standard InChI is InChI=1S/C22H24ClF2NO4S/c1-22(2,14-4-7-16(27)8-5-14)31(29,30)20-11-13(3-9-17(20)23)21(28)26-15-6-10-18(24)19(25)12-15/h3,6,9-12,14,16,27H,4-5,7-8H2,1-2H3,(H,26,28). The summed E-state index contributed by atoms with van der Waals surface area (Å²) < 4.78 is 52.3. The van der Waals surface area contributed by atoms with Gasteiger partial charge >= 0.3 is 0 Å². The second-order valence-electron chi connectivity index (χ2n) is 8.34. The van der Waals surface area contributed by atoms with Crippen LogP contribution in [0.5, 0.6) is 0 Å². The second kappa shape index (κ2) is 8.84. The van der Waals surface area contributed by atoms with E-state index in [9.17, 15) is 27.1 Å². The topological polar surface area (TPSA) is 83.5 Å². The number of rotatable bonds is 5. The van der Waals surface area contributed by atoms with Crippen LogP contribution in [-0.4, -0.2) is 30.3 Å². The first-order valence-electron chi connectivity index (χ1n) is 9.92. The zero-order chi connectivity index (χ0) is 23.0. The molecule has 0 saturated heterocycles. The molecule has 3 rings (SSSR count). The molecular formula is C22H24ClF2NO4S. The highest BCUT2D eigenvalue weighted by molar-refractivity contribution is 7.93. The van der Waals surface area contributed by atoms with E-state index in [1.54, 1.807) is 13.8 Å². The minimum atomic E-state index is -3.93. The number of benzene rings is 2. The normalized spacial score (nSPS) is 19.8. The maximum absolute atomic E-state index is 13.5. The van der Waals surface area contributed by atoms with Crippen LogP contribution in [-0.2, 0) is 9.84 Å². The lowest BCUT2D eigenvalue weighted by Crippen LogP contribution is -2.42. The van der Waals surface area contributed by atoms with E-state index in [0.717, 1.165) is 12.1 Å². The monoisotopic (exact) mass is 471 g/mol. The SMILES string of the molecule is CC(C)(C1CCC(O)CC1)S(=O)(=O)c1cc(C(=O)Nc2ccc(F)c(F)c2)ccc1Cl. The second-order valence-corrected chi connectivity index (χ2v) is 11.2. The maximum atomic E-state index is 13.5. The molecule has 2 aromatic rings. The van der Waals surface area contributed by atoms with Crippen molar-refractivity contribution in [2.45, 2.75) is 55.3 Å². The van der Waals surface area contributed by atoms with Crippen LogP contribution in [0.4, 0.5) is 14.5 Å². The summed E-state index contributed by atoms with van der Waals surface area (Å²) in [5, 5.41) is 12.2. The van der Waals surface area contributed by atoms with E-state index >= 15 is 0 Å². The molecule has 5 nitrogen and oxygen atoms in total. The number of aliphatic hydroxyl groups is 1. The van der Waals surface area contributed by atoms with E-state index in [1.165, 1.54) is 24.3 Å². The highest BCUT2D eigenvalue weighted by Gasteiger charge is 2.44. The molecule has 0 bridgehead atoms. The Hall–Kier alpha value is -2.03. The van der Waals surface area contributed by atoms with Crippen molar-refractivity contribution in [1.29, 1.82) is 0 Å². The van der Waals surface area contributed by atoms with E-state index in [-0.39, 0.29) is 27.1 Å². The van der Waals surface area contributed by atoms with E-state index in [0.29, 0.717) is 25.7 Å². The smallest absolute Gasteiger partial charge is 0.255 e. The number of sulfone groups is 1. The van der Waals surface area contributed by atoms with Gasteiger partial charge in [-0.1, -0.05) is 11.6 Å². The van der Waals surface area contributed by atoms with Crippen molar-refractivity contribution in [3.05, 3.63) is 58.6 Å². The maximum Gasteiger partial charge on any atom is 0.255 e. The van der Waals surface area contributed by atoms with Gasteiger partial charge in [0.05, 0.1) is 20.8 Å². The van der Waals surface area contributed by atoms with Crippen LogP contribution in [0.3, 0.4) is 0 Å². The Kier molecular flexibility index (Phi) is 6.74. The predicted octanol–water partition coefficient (Wildman–Crippen LogP) is 4.97. The summed E-state index contributed by atoms with van der Waals surface area (Å²) in [4.78, 5) is 12.4. The van der Waals surface area contributed by atoms with Crippen LogP contribution in [0.1, 0.15) is 49.9 Å². The number of hydrogen-bond acceptors (Lipinski definition) is 4. The minimum absolute atomic E-state index is 0.00621. The number of amides is 1. The fourth-order valence-electron chi connectivity index (χ4n) is 3.90. The molecule has 0 unspecified atom stereocenters. The van der Waals surface area contributed by atoms with Gasteiger partial charge in [-0.15, -0.1) is 0 Å². The lowest BCUT2D eigenvalue weighted by molar-refractivity contribution is 0.0996. The minimum Gasteiger partial charge on any atom is -0.393 e. The highest BCUT2D eigenvalue weighted by Crippen LogP contribution is 2.42.